The largest absolute Gasteiger partial charge is 0.467 e. The van der Waals surface area contributed by atoms with Gasteiger partial charge in [0.25, 0.3) is 0 Å². The van der Waals surface area contributed by atoms with Gasteiger partial charge in [-0.2, -0.15) is 0 Å². The van der Waals surface area contributed by atoms with Crippen LogP contribution in [-0.2, 0) is 4.74 Å². The summed E-state index contributed by atoms with van der Waals surface area (Å²) < 4.78 is 10.2. The van der Waals surface area contributed by atoms with E-state index in [4.69, 9.17) is 26.3 Å². The number of hydrogen-bond acceptors (Lipinski definition) is 6. The van der Waals surface area contributed by atoms with Gasteiger partial charge in [0.15, 0.2) is 6.79 Å². The molecular weight excluding hydrogens is 308 g/mol. The average molecular weight is 321 g/mol. The summed E-state index contributed by atoms with van der Waals surface area (Å²) in [6.07, 6.45) is 2.61. The Hall–Kier alpha value is -2.44. The predicted molar refractivity (Wildman–Crippen MR) is 81.0 cm³/mol. The fourth-order valence-corrected chi connectivity index (χ4v) is 2.00. The summed E-state index contributed by atoms with van der Waals surface area (Å²) in [4.78, 5) is 16.7. The van der Waals surface area contributed by atoms with Crippen molar-refractivity contribution in [3.05, 3.63) is 58.4 Å². The average Bonchev–Trinajstić information content (AvgIpc) is 2.54. The van der Waals surface area contributed by atoms with Crippen molar-refractivity contribution in [2.75, 3.05) is 13.9 Å². The minimum Gasteiger partial charge on any atom is -0.467 e. The Balaban J connectivity index is 2.47. The maximum atomic E-state index is 12.7. The van der Waals surface area contributed by atoms with E-state index in [1.165, 1.54) is 19.4 Å². The molecule has 1 aromatic carbocycles. The molecule has 2 aromatic rings. The molecule has 6 nitrogen and oxygen atoms in total. The van der Waals surface area contributed by atoms with Crippen LogP contribution in [0.5, 0.6) is 5.75 Å². The van der Waals surface area contributed by atoms with Crippen molar-refractivity contribution in [1.29, 1.82) is 0 Å². The summed E-state index contributed by atoms with van der Waals surface area (Å²) in [7, 11) is 1.48. The third-order valence-corrected chi connectivity index (χ3v) is 3.00. The second-order valence-corrected chi connectivity index (χ2v) is 4.64. The van der Waals surface area contributed by atoms with Crippen molar-refractivity contribution >= 4 is 23.6 Å². The molecule has 0 radical (unpaired) electrons. The molecule has 0 aliphatic rings. The number of pyridine rings is 1. The van der Waals surface area contributed by atoms with Crippen LogP contribution < -0.4 is 4.74 Å². The summed E-state index contributed by atoms with van der Waals surface area (Å²) in [6, 6.07) is 7.92. The van der Waals surface area contributed by atoms with Crippen molar-refractivity contribution in [3.8, 4) is 5.75 Å². The molecule has 0 saturated heterocycles. The Morgan fingerprint density at radius 3 is 3.00 bits per heavy atom. The van der Waals surface area contributed by atoms with E-state index in [2.05, 4.69) is 10.1 Å². The van der Waals surface area contributed by atoms with E-state index in [0.29, 0.717) is 16.3 Å². The van der Waals surface area contributed by atoms with Gasteiger partial charge in [0.2, 0.25) is 5.78 Å². The van der Waals surface area contributed by atoms with Crippen molar-refractivity contribution in [1.82, 2.24) is 4.98 Å². The van der Waals surface area contributed by atoms with Crippen molar-refractivity contribution in [3.63, 3.8) is 0 Å². The number of methoxy groups -OCH3 is 1. The van der Waals surface area contributed by atoms with Gasteiger partial charge in [0.1, 0.15) is 11.4 Å². The molecule has 7 heteroatoms. The van der Waals surface area contributed by atoms with Gasteiger partial charge in [0.05, 0.1) is 11.8 Å². The van der Waals surface area contributed by atoms with Crippen LogP contribution in [0.25, 0.3) is 0 Å². The monoisotopic (exact) mass is 320 g/mol. The molecule has 0 aliphatic heterocycles. The van der Waals surface area contributed by atoms with Gasteiger partial charge in [0, 0.05) is 23.9 Å². The Bertz CT molecular complexity index is 704. The molecule has 22 heavy (non-hydrogen) atoms. The lowest BCUT2D eigenvalue weighted by Gasteiger charge is -2.11. The maximum absolute atomic E-state index is 12.7. The number of carbonyl (C=O) groups is 1. The molecule has 1 aromatic heterocycles. The molecule has 1 heterocycles. The minimum absolute atomic E-state index is 0.00487. The number of rotatable bonds is 6. The fraction of sp³-hybridized carbons (Fsp3) is 0.133. The third-order valence-electron chi connectivity index (χ3n) is 2.77. The molecule has 0 fully saturated rings. The first-order chi connectivity index (χ1) is 10.7. The lowest BCUT2D eigenvalue weighted by atomic mass is 10.0. The van der Waals surface area contributed by atoms with E-state index < -0.39 is 5.78 Å². The van der Waals surface area contributed by atoms with Crippen LogP contribution in [0.1, 0.15) is 21.6 Å². The fourth-order valence-electron chi connectivity index (χ4n) is 1.83. The molecule has 0 bridgehead atoms. The van der Waals surface area contributed by atoms with Crippen molar-refractivity contribution in [2.45, 2.75) is 0 Å². The maximum Gasteiger partial charge on any atom is 0.215 e. The molecule has 0 spiro atoms. The third kappa shape index (κ3) is 3.60. The van der Waals surface area contributed by atoms with Crippen LogP contribution in [0.4, 0.5) is 0 Å². The van der Waals surface area contributed by atoms with Crippen LogP contribution in [0.2, 0.25) is 5.02 Å². The van der Waals surface area contributed by atoms with Gasteiger partial charge in [-0.15, -0.1) is 0 Å². The number of ether oxygens (including phenoxy) is 2. The van der Waals surface area contributed by atoms with Gasteiger partial charge >= 0.3 is 0 Å². The number of nitrogens with zero attached hydrogens (tertiary/aromatic N) is 2. The van der Waals surface area contributed by atoms with E-state index in [-0.39, 0.29) is 18.1 Å². The number of aromatic nitrogens is 1. The minimum atomic E-state index is -0.399. The number of hydrogen-bond donors (Lipinski definition) is 1. The first-order valence-corrected chi connectivity index (χ1v) is 6.63. The highest BCUT2D eigenvalue weighted by atomic mass is 35.5. The van der Waals surface area contributed by atoms with E-state index in [9.17, 15) is 4.79 Å². The highest BCUT2D eigenvalue weighted by molar-refractivity contribution is 6.31. The first-order valence-electron chi connectivity index (χ1n) is 6.25. The van der Waals surface area contributed by atoms with Crippen LogP contribution >= 0.6 is 11.6 Å². The lowest BCUT2D eigenvalue weighted by Crippen LogP contribution is -2.11. The smallest absolute Gasteiger partial charge is 0.215 e. The lowest BCUT2D eigenvalue weighted by molar-refractivity contribution is 0.0503. The van der Waals surface area contributed by atoms with Crippen LogP contribution in [0.3, 0.4) is 0 Å². The summed E-state index contributed by atoms with van der Waals surface area (Å²) in [6.45, 7) is -0.00487. The van der Waals surface area contributed by atoms with Gasteiger partial charge in [-0.05, 0) is 30.3 Å². The normalized spacial score (nSPS) is 10.8. The molecule has 0 unspecified atom stereocenters. The molecule has 0 atom stereocenters. The summed E-state index contributed by atoms with van der Waals surface area (Å²) in [5.41, 5.74) is 0.758. The van der Waals surface area contributed by atoms with Crippen molar-refractivity contribution < 1.29 is 19.5 Å². The Kier molecular flexibility index (Phi) is 5.46. The molecule has 2 rings (SSSR count). The Morgan fingerprint density at radius 2 is 2.27 bits per heavy atom. The first kappa shape index (κ1) is 15.9. The highest BCUT2D eigenvalue weighted by Gasteiger charge is 2.19. The second-order valence-electron chi connectivity index (χ2n) is 4.21. The second kappa shape index (κ2) is 7.53. The number of benzene rings is 1. The summed E-state index contributed by atoms with van der Waals surface area (Å²) >= 11 is 5.96. The van der Waals surface area contributed by atoms with Gasteiger partial charge in [-0.3, -0.25) is 9.78 Å². The molecule has 1 N–H and O–H groups in total. The Labute approximate surface area is 132 Å². The SMILES string of the molecule is COCOc1ccc(Cl)cc1C(=O)c1ncccc1C=NO. The zero-order valence-electron chi connectivity index (χ0n) is 11.7. The summed E-state index contributed by atoms with van der Waals surface area (Å²) in [5, 5.41) is 12.0. The van der Waals surface area contributed by atoms with E-state index in [1.807, 2.05) is 0 Å². The van der Waals surface area contributed by atoms with Crippen LogP contribution in [0.15, 0.2) is 41.7 Å². The molecule has 0 aliphatic carbocycles. The van der Waals surface area contributed by atoms with Gasteiger partial charge < -0.3 is 14.7 Å². The number of halogens is 1. The van der Waals surface area contributed by atoms with Gasteiger partial charge in [-0.25, -0.2) is 0 Å². The zero-order chi connectivity index (χ0) is 15.9. The van der Waals surface area contributed by atoms with E-state index in [0.717, 1.165) is 6.21 Å². The van der Waals surface area contributed by atoms with E-state index >= 15 is 0 Å². The number of oxime groups is 1. The van der Waals surface area contributed by atoms with Crippen molar-refractivity contribution in [2.24, 2.45) is 5.16 Å². The quantitative estimate of drug-likeness (QED) is 0.291. The topological polar surface area (TPSA) is 81.0 Å². The molecular formula is C15H13ClN2O4. The standard InChI is InChI=1S/C15H13ClN2O4/c1-21-9-22-13-5-4-11(16)7-12(13)15(19)14-10(8-18-20)3-2-6-17-14/h2-8,20H,9H2,1H3. The van der Waals surface area contributed by atoms with Gasteiger partial charge in [-0.1, -0.05) is 16.8 Å². The summed E-state index contributed by atoms with van der Waals surface area (Å²) in [5.74, 6) is -0.0714. The Morgan fingerprint density at radius 1 is 1.45 bits per heavy atom. The number of carbonyl (C=O) groups excluding carboxylic acids is 1. The van der Waals surface area contributed by atoms with Crippen LogP contribution in [0, 0.1) is 0 Å². The molecule has 114 valence electrons. The van der Waals surface area contributed by atoms with E-state index in [1.54, 1.807) is 24.3 Å². The highest BCUT2D eigenvalue weighted by Crippen LogP contribution is 2.26. The van der Waals surface area contributed by atoms with Crippen LogP contribution in [-0.4, -0.2) is 36.1 Å². The molecule has 0 saturated carbocycles. The molecule has 0 amide bonds. The zero-order valence-corrected chi connectivity index (χ0v) is 12.4. The number of ketones is 1. The predicted octanol–water partition coefficient (Wildman–Crippen LogP) is 2.76.